The van der Waals surface area contributed by atoms with Gasteiger partial charge in [0.2, 0.25) is 0 Å². The van der Waals surface area contributed by atoms with Crippen molar-refractivity contribution in [3.05, 3.63) is 30.3 Å². The Morgan fingerprint density at radius 3 is 2.38 bits per heavy atom. The van der Waals surface area contributed by atoms with E-state index in [9.17, 15) is 5.11 Å². The maximum Gasteiger partial charge on any atom is 0.0656 e. The van der Waals surface area contributed by atoms with Gasteiger partial charge >= 0.3 is 0 Å². The average molecular weight is 196 g/mol. The molecule has 13 heavy (non-hydrogen) atoms. The van der Waals surface area contributed by atoms with E-state index in [0.717, 1.165) is 5.75 Å². The summed E-state index contributed by atoms with van der Waals surface area (Å²) in [4.78, 5) is 1.22. The molecule has 0 aliphatic rings. The number of hydrogen-bond acceptors (Lipinski definition) is 2. The summed E-state index contributed by atoms with van der Waals surface area (Å²) in [5.41, 5.74) is 0. The van der Waals surface area contributed by atoms with Gasteiger partial charge < -0.3 is 5.11 Å². The number of aliphatic hydroxyl groups is 1. The van der Waals surface area contributed by atoms with E-state index < -0.39 is 0 Å². The summed E-state index contributed by atoms with van der Waals surface area (Å²) in [6, 6.07) is 10.2. The van der Waals surface area contributed by atoms with Crippen LogP contribution in [-0.2, 0) is 0 Å². The third kappa shape index (κ3) is 3.83. The van der Waals surface area contributed by atoms with Crippen molar-refractivity contribution in [1.82, 2.24) is 0 Å². The molecule has 1 atom stereocenters. The van der Waals surface area contributed by atoms with Crippen LogP contribution in [0.4, 0.5) is 0 Å². The predicted octanol–water partition coefficient (Wildman–Crippen LogP) is 2.80. The molecule has 0 heterocycles. The summed E-state index contributed by atoms with van der Waals surface area (Å²) in [6.45, 7) is 4.08. The van der Waals surface area contributed by atoms with E-state index in [1.165, 1.54) is 4.90 Å². The lowest BCUT2D eigenvalue weighted by molar-refractivity contribution is 0.149. The van der Waals surface area contributed by atoms with Crippen molar-refractivity contribution in [3.8, 4) is 0 Å². The maximum absolute atomic E-state index is 9.57. The molecule has 0 radical (unpaired) electrons. The smallest absolute Gasteiger partial charge is 0.0656 e. The fourth-order valence-electron chi connectivity index (χ4n) is 0.891. The van der Waals surface area contributed by atoms with Crippen LogP contribution in [-0.4, -0.2) is 17.0 Å². The largest absolute Gasteiger partial charge is 0.392 e. The zero-order chi connectivity index (χ0) is 9.68. The first kappa shape index (κ1) is 10.6. The summed E-state index contributed by atoms with van der Waals surface area (Å²) in [7, 11) is 0. The molecule has 0 aliphatic carbocycles. The Morgan fingerprint density at radius 2 is 1.85 bits per heavy atom. The van der Waals surface area contributed by atoms with E-state index in [1.807, 2.05) is 32.0 Å². The van der Waals surface area contributed by atoms with Crippen molar-refractivity contribution < 1.29 is 5.11 Å². The van der Waals surface area contributed by atoms with Gasteiger partial charge in [0, 0.05) is 10.6 Å². The van der Waals surface area contributed by atoms with Crippen molar-refractivity contribution in [2.24, 2.45) is 5.92 Å². The van der Waals surface area contributed by atoms with Crippen LogP contribution in [0, 0.1) is 5.92 Å². The van der Waals surface area contributed by atoms with Gasteiger partial charge in [-0.25, -0.2) is 0 Å². The van der Waals surface area contributed by atoms with Crippen LogP contribution in [0.5, 0.6) is 0 Å². The second-order valence-electron chi connectivity index (χ2n) is 3.44. The third-order valence-corrected chi connectivity index (χ3v) is 3.05. The topological polar surface area (TPSA) is 20.2 Å². The first-order chi connectivity index (χ1) is 6.20. The molecule has 1 N–H and O–H groups in total. The fourth-order valence-corrected chi connectivity index (χ4v) is 1.99. The molecule has 0 aromatic heterocycles. The molecule has 2 heteroatoms. The van der Waals surface area contributed by atoms with Gasteiger partial charge in [0.05, 0.1) is 6.10 Å². The number of benzene rings is 1. The van der Waals surface area contributed by atoms with Gasteiger partial charge in [0.25, 0.3) is 0 Å². The molecule has 1 nitrogen and oxygen atoms in total. The molecule has 0 unspecified atom stereocenters. The van der Waals surface area contributed by atoms with E-state index in [2.05, 4.69) is 12.1 Å². The summed E-state index contributed by atoms with van der Waals surface area (Å²) < 4.78 is 0. The Kier molecular flexibility index (Phi) is 4.33. The Hall–Kier alpha value is -0.470. The summed E-state index contributed by atoms with van der Waals surface area (Å²) in [5.74, 6) is 1.12. The lowest BCUT2D eigenvalue weighted by Crippen LogP contribution is -2.17. The minimum Gasteiger partial charge on any atom is -0.392 e. The highest BCUT2D eigenvalue weighted by atomic mass is 32.2. The van der Waals surface area contributed by atoms with Crippen molar-refractivity contribution >= 4 is 11.8 Å². The molecule has 1 aromatic rings. The highest BCUT2D eigenvalue weighted by Gasteiger charge is 2.08. The molecule has 72 valence electrons. The van der Waals surface area contributed by atoms with Crippen LogP contribution >= 0.6 is 11.8 Å². The molecule has 0 saturated carbocycles. The van der Waals surface area contributed by atoms with Crippen molar-refractivity contribution in [2.75, 3.05) is 5.75 Å². The van der Waals surface area contributed by atoms with E-state index in [-0.39, 0.29) is 6.10 Å². The Bertz CT molecular complexity index is 233. The number of hydrogen-bond donors (Lipinski definition) is 1. The highest BCUT2D eigenvalue weighted by molar-refractivity contribution is 7.99. The van der Waals surface area contributed by atoms with Crippen LogP contribution in [0.15, 0.2) is 35.2 Å². The monoisotopic (exact) mass is 196 g/mol. The lowest BCUT2D eigenvalue weighted by Gasteiger charge is -2.13. The Morgan fingerprint density at radius 1 is 1.23 bits per heavy atom. The van der Waals surface area contributed by atoms with Gasteiger partial charge in [-0.05, 0) is 18.1 Å². The molecule has 0 spiro atoms. The molecule has 1 aromatic carbocycles. The van der Waals surface area contributed by atoms with Crippen LogP contribution in [0.1, 0.15) is 13.8 Å². The third-order valence-electron chi connectivity index (χ3n) is 1.93. The molecular formula is C11H16OS. The van der Waals surface area contributed by atoms with Crippen LogP contribution in [0.2, 0.25) is 0 Å². The van der Waals surface area contributed by atoms with Gasteiger partial charge in [0.15, 0.2) is 0 Å². The van der Waals surface area contributed by atoms with Crippen molar-refractivity contribution in [2.45, 2.75) is 24.8 Å². The van der Waals surface area contributed by atoms with E-state index in [0.29, 0.717) is 5.92 Å². The molecule has 0 saturated heterocycles. The fraction of sp³-hybridized carbons (Fsp3) is 0.455. The zero-order valence-corrected chi connectivity index (χ0v) is 8.92. The maximum atomic E-state index is 9.57. The van der Waals surface area contributed by atoms with Gasteiger partial charge in [0.1, 0.15) is 0 Å². The van der Waals surface area contributed by atoms with E-state index in [4.69, 9.17) is 0 Å². The summed E-state index contributed by atoms with van der Waals surface area (Å²) in [6.07, 6.45) is -0.204. The molecule has 0 aliphatic heterocycles. The van der Waals surface area contributed by atoms with Crippen molar-refractivity contribution in [1.29, 1.82) is 0 Å². The minimum absolute atomic E-state index is 0.204. The average Bonchev–Trinajstić information content (AvgIpc) is 2.15. The molecule has 0 bridgehead atoms. The highest BCUT2D eigenvalue weighted by Crippen LogP contribution is 2.19. The van der Waals surface area contributed by atoms with Gasteiger partial charge in [-0.2, -0.15) is 0 Å². The van der Waals surface area contributed by atoms with Crippen molar-refractivity contribution in [3.63, 3.8) is 0 Å². The van der Waals surface area contributed by atoms with E-state index >= 15 is 0 Å². The molecule has 0 amide bonds. The standard InChI is InChI=1S/C11H16OS/c1-9(2)11(12)8-13-10-6-4-3-5-7-10/h3-7,9,11-12H,8H2,1-2H3/t11-/m0/s1. The van der Waals surface area contributed by atoms with Gasteiger partial charge in [-0.15, -0.1) is 11.8 Å². The van der Waals surface area contributed by atoms with E-state index in [1.54, 1.807) is 11.8 Å². The van der Waals surface area contributed by atoms with Crippen LogP contribution in [0.25, 0.3) is 0 Å². The van der Waals surface area contributed by atoms with Crippen LogP contribution < -0.4 is 0 Å². The SMILES string of the molecule is CC(C)[C@@H](O)CSc1ccccc1. The Balaban J connectivity index is 2.35. The molecular weight excluding hydrogens is 180 g/mol. The molecule has 1 rings (SSSR count). The number of rotatable bonds is 4. The Labute approximate surface area is 84.2 Å². The predicted molar refractivity (Wildman–Crippen MR) is 58.0 cm³/mol. The van der Waals surface area contributed by atoms with Crippen LogP contribution in [0.3, 0.4) is 0 Å². The summed E-state index contributed by atoms with van der Waals surface area (Å²) >= 11 is 1.71. The van der Waals surface area contributed by atoms with Gasteiger partial charge in [-0.3, -0.25) is 0 Å². The zero-order valence-electron chi connectivity index (χ0n) is 8.10. The quantitative estimate of drug-likeness (QED) is 0.747. The second kappa shape index (κ2) is 5.30. The first-order valence-electron chi connectivity index (χ1n) is 4.56. The summed E-state index contributed by atoms with van der Waals surface area (Å²) in [5, 5.41) is 9.57. The second-order valence-corrected chi connectivity index (χ2v) is 4.53. The van der Waals surface area contributed by atoms with Gasteiger partial charge in [-0.1, -0.05) is 32.0 Å². The number of aliphatic hydroxyl groups excluding tert-OH is 1. The normalized spacial score (nSPS) is 13.2. The first-order valence-corrected chi connectivity index (χ1v) is 5.54. The minimum atomic E-state index is -0.204. The lowest BCUT2D eigenvalue weighted by atomic mass is 10.1. The number of thioether (sulfide) groups is 1. The molecule has 0 fully saturated rings.